The molecule has 0 radical (unpaired) electrons. The van der Waals surface area contributed by atoms with Crippen molar-refractivity contribution >= 4 is 63.9 Å². The van der Waals surface area contributed by atoms with Gasteiger partial charge < -0.3 is 9.47 Å². The Morgan fingerprint density at radius 1 is 0.750 bits per heavy atom. The van der Waals surface area contributed by atoms with E-state index in [9.17, 15) is 9.59 Å². The molecule has 0 unspecified atom stereocenters. The van der Waals surface area contributed by atoms with Crippen LogP contribution in [-0.2, 0) is 19.1 Å². The van der Waals surface area contributed by atoms with Crippen LogP contribution in [0.15, 0.2) is 64.7 Å². The maximum atomic E-state index is 13.6. The van der Waals surface area contributed by atoms with Crippen molar-refractivity contribution in [2.24, 2.45) is 11.8 Å². The van der Waals surface area contributed by atoms with Gasteiger partial charge in [-0.1, -0.05) is 65.7 Å². The number of imide groups is 1. The van der Waals surface area contributed by atoms with E-state index >= 15 is 0 Å². The lowest BCUT2D eigenvalue weighted by Crippen LogP contribution is -2.60. The van der Waals surface area contributed by atoms with E-state index in [4.69, 9.17) is 55.9 Å². The molecule has 0 N–H and O–H groups in total. The van der Waals surface area contributed by atoms with Gasteiger partial charge in [0, 0.05) is 14.2 Å². The molecule has 4 atom stereocenters. The molecule has 1 saturated heterocycles. The SMILES string of the molecule is COC1(OC)[C@@]2(Cl)C(Cl)=C(Cl)[C@@]1(Cl)[C@H]1C(=O)N(c3ccc(-c4ccccc4)cc3)C(=O)[C@@H]12. The van der Waals surface area contributed by atoms with Gasteiger partial charge in [-0.25, -0.2) is 4.90 Å². The topological polar surface area (TPSA) is 55.8 Å². The van der Waals surface area contributed by atoms with Gasteiger partial charge in [0.15, 0.2) is 0 Å². The molecular weight excluding hydrogens is 496 g/mol. The van der Waals surface area contributed by atoms with Crippen LogP contribution in [0.25, 0.3) is 11.1 Å². The fourth-order valence-electron chi connectivity index (χ4n) is 5.39. The number of anilines is 1. The molecule has 3 aliphatic rings. The Kier molecular flexibility index (Phi) is 4.99. The molecule has 1 aliphatic heterocycles. The molecule has 32 heavy (non-hydrogen) atoms. The number of nitrogens with zero attached hydrogens (tertiary/aromatic N) is 1. The van der Waals surface area contributed by atoms with Crippen LogP contribution in [0, 0.1) is 11.8 Å². The predicted octanol–water partition coefficient (Wildman–Crippen LogP) is 5.12. The molecule has 2 bridgehead atoms. The third-order valence-electron chi connectivity index (χ3n) is 6.76. The van der Waals surface area contributed by atoms with Crippen LogP contribution in [0.1, 0.15) is 0 Å². The van der Waals surface area contributed by atoms with E-state index in [0.717, 1.165) is 16.0 Å². The standard InChI is InChI=1S/C23H17Cl4NO4/c1-31-23(32-2)21(26)15-16(22(23,27)18(25)17(21)24)20(30)28(19(15)29)14-10-8-13(9-11-14)12-6-4-3-5-7-12/h3-11,15-16H,1-2H3/t15-,16-,21+,22+/m1/s1. The normalized spacial score (nSPS) is 32.8. The number of rotatable bonds is 4. The monoisotopic (exact) mass is 511 g/mol. The Balaban J connectivity index is 1.59. The number of fused-ring (bicyclic) bond motifs is 5. The van der Waals surface area contributed by atoms with Gasteiger partial charge in [-0.05, 0) is 23.3 Å². The van der Waals surface area contributed by atoms with Gasteiger partial charge >= 0.3 is 0 Å². The first kappa shape index (κ1) is 22.2. The van der Waals surface area contributed by atoms with Crippen LogP contribution in [-0.4, -0.2) is 41.6 Å². The van der Waals surface area contributed by atoms with Gasteiger partial charge in [-0.15, -0.1) is 23.2 Å². The Morgan fingerprint density at radius 3 is 1.62 bits per heavy atom. The number of hydrogen-bond donors (Lipinski definition) is 0. The molecule has 5 rings (SSSR count). The summed E-state index contributed by atoms with van der Waals surface area (Å²) >= 11 is 26.9. The predicted molar refractivity (Wildman–Crippen MR) is 124 cm³/mol. The average molecular weight is 513 g/mol. The number of carbonyl (C=O) groups is 2. The second-order valence-electron chi connectivity index (χ2n) is 7.96. The maximum absolute atomic E-state index is 13.6. The summed E-state index contributed by atoms with van der Waals surface area (Å²) in [6, 6.07) is 16.9. The second-order valence-corrected chi connectivity index (χ2v) is 9.90. The maximum Gasteiger partial charge on any atom is 0.240 e. The third-order valence-corrected chi connectivity index (χ3v) is 9.37. The van der Waals surface area contributed by atoms with E-state index in [1.54, 1.807) is 12.1 Å². The first-order valence-corrected chi connectivity index (χ1v) is 11.3. The van der Waals surface area contributed by atoms with Crippen molar-refractivity contribution in [2.75, 3.05) is 19.1 Å². The minimum absolute atomic E-state index is 0.0526. The van der Waals surface area contributed by atoms with E-state index < -0.39 is 39.2 Å². The Morgan fingerprint density at radius 2 is 1.19 bits per heavy atom. The quantitative estimate of drug-likeness (QED) is 0.324. The summed E-state index contributed by atoms with van der Waals surface area (Å²) in [7, 11) is 2.65. The van der Waals surface area contributed by atoms with Crippen LogP contribution < -0.4 is 4.90 Å². The smallest absolute Gasteiger partial charge is 0.240 e. The largest absolute Gasteiger partial charge is 0.350 e. The molecule has 0 aromatic heterocycles. The first-order valence-electron chi connectivity index (χ1n) is 9.78. The molecule has 9 heteroatoms. The van der Waals surface area contributed by atoms with Gasteiger partial charge in [0.1, 0.15) is 9.75 Å². The third kappa shape index (κ3) is 2.29. The van der Waals surface area contributed by atoms with E-state index in [0.29, 0.717) is 5.69 Å². The molecule has 1 heterocycles. The minimum Gasteiger partial charge on any atom is -0.350 e. The van der Waals surface area contributed by atoms with Gasteiger partial charge in [0.05, 0.1) is 27.6 Å². The minimum atomic E-state index is -1.79. The van der Waals surface area contributed by atoms with Crippen LogP contribution in [0.3, 0.4) is 0 Å². The van der Waals surface area contributed by atoms with Crippen molar-refractivity contribution in [1.29, 1.82) is 0 Å². The second kappa shape index (κ2) is 7.20. The van der Waals surface area contributed by atoms with Crippen molar-refractivity contribution in [3.63, 3.8) is 0 Å². The molecule has 5 nitrogen and oxygen atoms in total. The van der Waals surface area contributed by atoms with Crippen molar-refractivity contribution in [3.8, 4) is 11.1 Å². The number of hydrogen-bond acceptors (Lipinski definition) is 4. The number of benzene rings is 2. The molecule has 2 fully saturated rings. The summed E-state index contributed by atoms with van der Waals surface area (Å²) in [5.41, 5.74) is 2.36. The molecule has 2 aliphatic carbocycles. The summed E-state index contributed by atoms with van der Waals surface area (Å²) in [6.07, 6.45) is 0. The molecule has 2 aromatic rings. The van der Waals surface area contributed by atoms with Gasteiger partial charge in [0.2, 0.25) is 17.6 Å². The van der Waals surface area contributed by atoms with E-state index in [-0.39, 0.29) is 10.1 Å². The summed E-state index contributed by atoms with van der Waals surface area (Å²) in [6.45, 7) is 0. The average Bonchev–Trinajstić information content (AvgIpc) is 3.24. The zero-order valence-electron chi connectivity index (χ0n) is 16.9. The highest BCUT2D eigenvalue weighted by Gasteiger charge is 2.89. The lowest BCUT2D eigenvalue weighted by atomic mass is 9.84. The number of amides is 2. The van der Waals surface area contributed by atoms with Gasteiger partial charge in [-0.2, -0.15) is 0 Å². The van der Waals surface area contributed by atoms with Crippen LogP contribution >= 0.6 is 46.4 Å². The molecule has 2 aromatic carbocycles. The highest BCUT2D eigenvalue weighted by molar-refractivity contribution is 6.54. The summed E-state index contributed by atoms with van der Waals surface area (Å²) in [4.78, 5) is 24.8. The highest BCUT2D eigenvalue weighted by Crippen LogP contribution is 2.75. The summed E-state index contributed by atoms with van der Waals surface area (Å²) < 4.78 is 11.2. The van der Waals surface area contributed by atoms with Crippen molar-refractivity contribution in [3.05, 3.63) is 64.7 Å². The number of methoxy groups -OCH3 is 2. The van der Waals surface area contributed by atoms with E-state index in [2.05, 4.69) is 0 Å². The molecular formula is C23H17Cl4NO4. The Labute approximate surface area is 204 Å². The lowest BCUT2D eigenvalue weighted by molar-refractivity contribution is -0.221. The van der Waals surface area contributed by atoms with Gasteiger partial charge in [-0.3, -0.25) is 9.59 Å². The molecule has 166 valence electrons. The fraction of sp³-hybridized carbons (Fsp3) is 0.304. The van der Waals surface area contributed by atoms with Crippen molar-refractivity contribution in [2.45, 2.75) is 15.5 Å². The zero-order chi connectivity index (χ0) is 23.1. The van der Waals surface area contributed by atoms with Crippen LogP contribution in [0.5, 0.6) is 0 Å². The fourth-order valence-corrected chi connectivity index (χ4v) is 7.55. The lowest BCUT2D eigenvalue weighted by Gasteiger charge is -2.42. The molecule has 0 spiro atoms. The zero-order valence-corrected chi connectivity index (χ0v) is 20.0. The summed E-state index contributed by atoms with van der Waals surface area (Å²) in [5.74, 6) is -5.09. The highest BCUT2D eigenvalue weighted by atomic mass is 35.5. The van der Waals surface area contributed by atoms with Crippen molar-refractivity contribution < 1.29 is 19.1 Å². The number of carbonyl (C=O) groups excluding carboxylic acids is 2. The summed E-state index contributed by atoms with van der Waals surface area (Å²) in [5, 5.41) is -0.105. The number of alkyl halides is 2. The molecule has 1 saturated carbocycles. The van der Waals surface area contributed by atoms with E-state index in [1.807, 2.05) is 42.5 Å². The van der Waals surface area contributed by atoms with Crippen LogP contribution in [0.4, 0.5) is 5.69 Å². The number of halogens is 4. The van der Waals surface area contributed by atoms with Crippen LogP contribution in [0.2, 0.25) is 0 Å². The van der Waals surface area contributed by atoms with Gasteiger partial charge in [0.25, 0.3) is 0 Å². The Hall–Kier alpha value is -1.60. The number of ether oxygens (including phenoxy) is 2. The van der Waals surface area contributed by atoms with E-state index in [1.165, 1.54) is 14.2 Å². The van der Waals surface area contributed by atoms with Crippen molar-refractivity contribution in [1.82, 2.24) is 0 Å². The first-order chi connectivity index (χ1) is 15.2. The molecule has 2 amide bonds. The Bertz CT molecular complexity index is 1120.